The van der Waals surface area contributed by atoms with Crippen molar-refractivity contribution in [2.45, 2.75) is 19.9 Å². The number of pyridine rings is 1. The highest BCUT2D eigenvalue weighted by molar-refractivity contribution is 6.04. The van der Waals surface area contributed by atoms with Gasteiger partial charge in [0, 0.05) is 35.9 Å². The molecule has 1 atom stereocenters. The highest BCUT2D eigenvalue weighted by atomic mass is 16.1. The van der Waals surface area contributed by atoms with Crippen molar-refractivity contribution in [1.29, 1.82) is 0 Å². The lowest BCUT2D eigenvalue weighted by atomic mass is 10.1. The van der Waals surface area contributed by atoms with Gasteiger partial charge in [-0.05, 0) is 43.7 Å². The van der Waals surface area contributed by atoms with Crippen LogP contribution in [0.4, 0.5) is 11.5 Å². The van der Waals surface area contributed by atoms with E-state index in [4.69, 9.17) is 0 Å². The van der Waals surface area contributed by atoms with Crippen LogP contribution in [0.25, 0.3) is 0 Å². The molecule has 6 heteroatoms. The number of carbonyl (C=O) groups is 1. The molecule has 3 rings (SSSR count). The standard InChI is InChI=1S/C19H19N5O/c1-13-11-21-12-18(22-13)23-14(2)15-3-5-17(6-4-15)24-19(25)16-7-9-20-10-8-16/h3-12,14H,1-2H3,(H,22,23)(H,24,25). The van der Waals surface area contributed by atoms with Crippen LogP contribution >= 0.6 is 0 Å². The molecule has 0 saturated heterocycles. The summed E-state index contributed by atoms with van der Waals surface area (Å²) in [5.41, 5.74) is 3.27. The van der Waals surface area contributed by atoms with Gasteiger partial charge >= 0.3 is 0 Å². The Morgan fingerprint density at radius 3 is 2.40 bits per heavy atom. The van der Waals surface area contributed by atoms with Crippen LogP contribution in [0.5, 0.6) is 0 Å². The molecule has 25 heavy (non-hydrogen) atoms. The topological polar surface area (TPSA) is 79.8 Å². The van der Waals surface area contributed by atoms with Crippen LogP contribution in [-0.4, -0.2) is 20.9 Å². The summed E-state index contributed by atoms with van der Waals surface area (Å²) in [4.78, 5) is 24.6. The Kier molecular flexibility index (Phi) is 4.99. The predicted molar refractivity (Wildman–Crippen MR) is 97.4 cm³/mol. The number of aryl methyl sites for hydroxylation is 1. The molecule has 0 spiro atoms. The first-order chi connectivity index (χ1) is 12.1. The van der Waals surface area contributed by atoms with E-state index < -0.39 is 0 Å². The number of carbonyl (C=O) groups excluding carboxylic acids is 1. The first kappa shape index (κ1) is 16.6. The molecule has 2 heterocycles. The number of rotatable bonds is 5. The normalized spacial score (nSPS) is 11.6. The van der Waals surface area contributed by atoms with Gasteiger partial charge in [0.2, 0.25) is 0 Å². The maximum atomic E-state index is 12.1. The molecule has 6 nitrogen and oxygen atoms in total. The van der Waals surface area contributed by atoms with E-state index in [-0.39, 0.29) is 11.9 Å². The quantitative estimate of drug-likeness (QED) is 0.745. The van der Waals surface area contributed by atoms with Crippen molar-refractivity contribution >= 4 is 17.4 Å². The minimum Gasteiger partial charge on any atom is -0.362 e. The average Bonchev–Trinajstić information content (AvgIpc) is 2.63. The van der Waals surface area contributed by atoms with Crippen molar-refractivity contribution in [3.8, 4) is 0 Å². The Morgan fingerprint density at radius 2 is 1.72 bits per heavy atom. The molecule has 0 saturated carbocycles. The van der Waals surface area contributed by atoms with Gasteiger partial charge < -0.3 is 10.6 Å². The van der Waals surface area contributed by atoms with Crippen LogP contribution in [-0.2, 0) is 0 Å². The summed E-state index contributed by atoms with van der Waals surface area (Å²) >= 11 is 0. The van der Waals surface area contributed by atoms with Gasteiger partial charge in [0.15, 0.2) is 0 Å². The zero-order chi connectivity index (χ0) is 17.6. The molecule has 0 bridgehead atoms. The van der Waals surface area contributed by atoms with Crippen molar-refractivity contribution in [2.24, 2.45) is 0 Å². The first-order valence-electron chi connectivity index (χ1n) is 7.98. The third kappa shape index (κ3) is 4.38. The molecule has 1 unspecified atom stereocenters. The highest BCUT2D eigenvalue weighted by Gasteiger charge is 2.08. The third-order valence-corrected chi connectivity index (χ3v) is 3.73. The Bertz CT molecular complexity index is 849. The molecule has 2 aromatic heterocycles. The minimum atomic E-state index is -0.156. The van der Waals surface area contributed by atoms with E-state index in [9.17, 15) is 4.79 Å². The number of nitrogens with zero attached hydrogens (tertiary/aromatic N) is 3. The second-order valence-corrected chi connectivity index (χ2v) is 5.72. The number of hydrogen-bond donors (Lipinski definition) is 2. The van der Waals surface area contributed by atoms with Crippen molar-refractivity contribution in [1.82, 2.24) is 15.0 Å². The summed E-state index contributed by atoms with van der Waals surface area (Å²) in [6, 6.07) is 11.1. The van der Waals surface area contributed by atoms with Crippen LogP contribution in [0.2, 0.25) is 0 Å². The van der Waals surface area contributed by atoms with Crippen LogP contribution < -0.4 is 10.6 Å². The maximum absolute atomic E-state index is 12.1. The molecule has 1 amide bonds. The van der Waals surface area contributed by atoms with E-state index in [1.807, 2.05) is 31.2 Å². The Morgan fingerprint density at radius 1 is 1.00 bits per heavy atom. The number of aromatic nitrogens is 3. The van der Waals surface area contributed by atoms with E-state index in [1.54, 1.807) is 36.9 Å². The average molecular weight is 333 g/mol. The fourth-order valence-electron chi connectivity index (χ4n) is 2.40. The minimum absolute atomic E-state index is 0.0704. The van der Waals surface area contributed by atoms with Gasteiger partial charge in [-0.1, -0.05) is 12.1 Å². The van der Waals surface area contributed by atoms with Gasteiger partial charge in [0.1, 0.15) is 5.82 Å². The molecule has 3 aromatic rings. The largest absolute Gasteiger partial charge is 0.362 e. The number of nitrogens with one attached hydrogen (secondary N) is 2. The fourth-order valence-corrected chi connectivity index (χ4v) is 2.40. The molecule has 0 aliphatic heterocycles. The van der Waals surface area contributed by atoms with Crippen LogP contribution in [0.1, 0.15) is 34.6 Å². The summed E-state index contributed by atoms with van der Waals surface area (Å²) < 4.78 is 0. The lowest BCUT2D eigenvalue weighted by Crippen LogP contribution is -2.12. The van der Waals surface area contributed by atoms with Gasteiger partial charge in [-0.3, -0.25) is 14.8 Å². The van der Waals surface area contributed by atoms with E-state index in [0.717, 1.165) is 22.8 Å². The Labute approximate surface area is 146 Å². The molecule has 1 aromatic carbocycles. The molecular formula is C19H19N5O. The fraction of sp³-hybridized carbons (Fsp3) is 0.158. The SMILES string of the molecule is Cc1cncc(NC(C)c2ccc(NC(=O)c3ccncc3)cc2)n1. The molecular weight excluding hydrogens is 314 g/mol. The second-order valence-electron chi connectivity index (χ2n) is 5.72. The van der Waals surface area contributed by atoms with Gasteiger partial charge in [-0.25, -0.2) is 4.98 Å². The third-order valence-electron chi connectivity index (χ3n) is 3.73. The maximum Gasteiger partial charge on any atom is 0.255 e. The van der Waals surface area contributed by atoms with E-state index in [1.165, 1.54) is 0 Å². The number of anilines is 2. The lowest BCUT2D eigenvalue weighted by Gasteiger charge is -2.15. The number of benzene rings is 1. The molecule has 2 N–H and O–H groups in total. The number of hydrogen-bond acceptors (Lipinski definition) is 5. The first-order valence-corrected chi connectivity index (χ1v) is 7.98. The summed E-state index contributed by atoms with van der Waals surface area (Å²) in [5, 5.41) is 6.19. The van der Waals surface area contributed by atoms with Gasteiger partial charge in [-0.2, -0.15) is 0 Å². The van der Waals surface area contributed by atoms with E-state index in [0.29, 0.717) is 5.56 Å². The zero-order valence-electron chi connectivity index (χ0n) is 14.1. The smallest absolute Gasteiger partial charge is 0.255 e. The summed E-state index contributed by atoms with van der Waals surface area (Å²) in [5.74, 6) is 0.582. The van der Waals surface area contributed by atoms with Crippen molar-refractivity contribution < 1.29 is 4.79 Å². The second kappa shape index (κ2) is 7.53. The Balaban J connectivity index is 1.64. The summed E-state index contributed by atoms with van der Waals surface area (Å²) in [6.45, 7) is 3.96. The van der Waals surface area contributed by atoms with Crippen LogP contribution in [0.15, 0.2) is 61.2 Å². The van der Waals surface area contributed by atoms with Crippen molar-refractivity contribution in [2.75, 3.05) is 10.6 Å². The lowest BCUT2D eigenvalue weighted by molar-refractivity contribution is 0.102. The van der Waals surface area contributed by atoms with E-state index >= 15 is 0 Å². The Hall–Kier alpha value is -3.28. The summed E-state index contributed by atoms with van der Waals surface area (Å²) in [6.07, 6.45) is 6.61. The molecule has 0 aliphatic carbocycles. The monoisotopic (exact) mass is 333 g/mol. The molecule has 126 valence electrons. The highest BCUT2D eigenvalue weighted by Crippen LogP contribution is 2.20. The molecule has 0 fully saturated rings. The molecule has 0 radical (unpaired) electrons. The van der Waals surface area contributed by atoms with Gasteiger partial charge in [-0.15, -0.1) is 0 Å². The predicted octanol–water partition coefficient (Wildman–Crippen LogP) is 3.61. The van der Waals surface area contributed by atoms with Gasteiger partial charge in [0.05, 0.1) is 11.9 Å². The van der Waals surface area contributed by atoms with Crippen LogP contribution in [0.3, 0.4) is 0 Å². The number of amides is 1. The van der Waals surface area contributed by atoms with E-state index in [2.05, 4.69) is 32.5 Å². The van der Waals surface area contributed by atoms with Crippen molar-refractivity contribution in [3.05, 3.63) is 78.0 Å². The van der Waals surface area contributed by atoms with Crippen molar-refractivity contribution in [3.63, 3.8) is 0 Å². The zero-order valence-corrected chi connectivity index (χ0v) is 14.1. The van der Waals surface area contributed by atoms with Crippen LogP contribution in [0, 0.1) is 6.92 Å². The summed E-state index contributed by atoms with van der Waals surface area (Å²) in [7, 11) is 0. The molecule has 0 aliphatic rings. The van der Waals surface area contributed by atoms with Gasteiger partial charge in [0.25, 0.3) is 5.91 Å².